The minimum Gasteiger partial charge on any atom is -0.453 e. The van der Waals surface area contributed by atoms with E-state index in [1.807, 2.05) is 30.3 Å². The van der Waals surface area contributed by atoms with Crippen LogP contribution in [0.2, 0.25) is 10.2 Å². The van der Waals surface area contributed by atoms with Crippen molar-refractivity contribution in [2.24, 2.45) is 0 Å². The standard InChI is InChI=1S/C28H22Cl2F2N4O3/c1-39-28(38)33-18-9-7-17(8-10-18)25-26(30)36-27(35-25)22(15-16-5-3-2-4-6-16)34-23(37)14-11-19-21(31)13-12-20(29)24(19)32/h2-14,22H,15H2,1H3,(H,33,38)(H,34,37)(H,35,36). The molecule has 0 saturated heterocycles. The Kier molecular flexibility index (Phi) is 8.96. The highest BCUT2D eigenvalue weighted by molar-refractivity contribution is 6.32. The monoisotopic (exact) mass is 570 g/mol. The number of benzene rings is 3. The average molecular weight is 571 g/mol. The molecule has 0 bridgehead atoms. The summed E-state index contributed by atoms with van der Waals surface area (Å²) in [6, 6.07) is 17.6. The number of H-pyrrole nitrogens is 1. The van der Waals surface area contributed by atoms with Gasteiger partial charge >= 0.3 is 6.09 Å². The number of hydrogen-bond acceptors (Lipinski definition) is 4. The van der Waals surface area contributed by atoms with Gasteiger partial charge in [0.15, 0.2) is 5.82 Å². The maximum atomic E-state index is 14.2. The summed E-state index contributed by atoms with van der Waals surface area (Å²) in [5.74, 6) is -2.05. The first-order chi connectivity index (χ1) is 18.7. The molecule has 1 atom stereocenters. The SMILES string of the molecule is COC(=O)Nc1ccc(-c2nc(C(Cc3ccccc3)NC(=O)C=Cc3c(F)ccc(Cl)c3F)[nH]c2Cl)cc1. The highest BCUT2D eigenvalue weighted by atomic mass is 35.5. The summed E-state index contributed by atoms with van der Waals surface area (Å²) in [5, 5.41) is 5.36. The number of imidazole rings is 1. The Bertz CT molecular complexity index is 1510. The van der Waals surface area contributed by atoms with Crippen molar-refractivity contribution in [3.8, 4) is 11.3 Å². The van der Waals surface area contributed by atoms with Crippen molar-refractivity contribution in [1.29, 1.82) is 0 Å². The van der Waals surface area contributed by atoms with Gasteiger partial charge in [0.05, 0.1) is 18.2 Å². The van der Waals surface area contributed by atoms with Crippen molar-refractivity contribution in [2.75, 3.05) is 12.4 Å². The zero-order valence-electron chi connectivity index (χ0n) is 20.5. The summed E-state index contributed by atoms with van der Waals surface area (Å²) in [4.78, 5) is 31.9. The minimum absolute atomic E-state index is 0.240. The molecule has 0 aliphatic carbocycles. The summed E-state index contributed by atoms with van der Waals surface area (Å²) in [5.41, 5.74) is 2.10. The molecular weight excluding hydrogens is 549 g/mol. The molecule has 1 heterocycles. The third kappa shape index (κ3) is 7.01. The molecule has 0 saturated carbocycles. The van der Waals surface area contributed by atoms with Crippen LogP contribution in [0.15, 0.2) is 72.8 Å². The van der Waals surface area contributed by atoms with Crippen LogP contribution in [0.25, 0.3) is 17.3 Å². The van der Waals surface area contributed by atoms with E-state index in [1.54, 1.807) is 24.3 Å². The number of methoxy groups -OCH3 is 1. The Morgan fingerprint density at radius 2 is 1.77 bits per heavy atom. The van der Waals surface area contributed by atoms with Crippen LogP contribution in [-0.2, 0) is 16.0 Å². The first-order valence-corrected chi connectivity index (χ1v) is 12.4. The Morgan fingerprint density at radius 1 is 1.05 bits per heavy atom. The van der Waals surface area contributed by atoms with E-state index < -0.39 is 35.2 Å². The molecular formula is C28H22Cl2F2N4O3. The first kappa shape index (κ1) is 27.8. The van der Waals surface area contributed by atoms with Crippen LogP contribution < -0.4 is 10.6 Å². The number of aromatic nitrogens is 2. The fraction of sp³-hybridized carbons (Fsp3) is 0.107. The minimum atomic E-state index is -0.961. The molecule has 200 valence electrons. The predicted octanol–water partition coefficient (Wildman–Crippen LogP) is 6.95. The van der Waals surface area contributed by atoms with Crippen LogP contribution in [0.4, 0.5) is 19.3 Å². The zero-order valence-corrected chi connectivity index (χ0v) is 22.0. The summed E-state index contributed by atoms with van der Waals surface area (Å²) < 4.78 is 32.9. The van der Waals surface area contributed by atoms with Crippen LogP contribution in [0.3, 0.4) is 0 Å². The number of halogens is 4. The maximum Gasteiger partial charge on any atom is 0.411 e. The Labute approximate surface area is 232 Å². The summed E-state index contributed by atoms with van der Waals surface area (Å²) in [6.07, 6.45) is 1.80. The molecule has 4 rings (SSSR count). The molecule has 1 aromatic heterocycles. The van der Waals surface area contributed by atoms with Crippen LogP contribution in [-0.4, -0.2) is 29.1 Å². The van der Waals surface area contributed by atoms with Crippen LogP contribution in [0.1, 0.15) is 23.0 Å². The lowest BCUT2D eigenvalue weighted by molar-refractivity contribution is -0.117. The van der Waals surface area contributed by atoms with Gasteiger partial charge in [0, 0.05) is 22.9 Å². The van der Waals surface area contributed by atoms with Crippen molar-refractivity contribution in [3.05, 3.63) is 112 Å². The molecule has 3 N–H and O–H groups in total. The fourth-order valence-corrected chi connectivity index (χ4v) is 4.16. The van der Waals surface area contributed by atoms with Gasteiger partial charge in [-0.1, -0.05) is 65.7 Å². The number of anilines is 1. The molecule has 0 aliphatic rings. The fourth-order valence-electron chi connectivity index (χ4n) is 3.75. The molecule has 0 aliphatic heterocycles. The van der Waals surface area contributed by atoms with E-state index in [9.17, 15) is 18.4 Å². The highest BCUT2D eigenvalue weighted by Gasteiger charge is 2.21. The highest BCUT2D eigenvalue weighted by Crippen LogP contribution is 2.29. The normalized spacial score (nSPS) is 11.8. The summed E-state index contributed by atoms with van der Waals surface area (Å²) in [7, 11) is 1.27. The maximum absolute atomic E-state index is 14.2. The van der Waals surface area contributed by atoms with Gasteiger partial charge < -0.3 is 15.0 Å². The number of carbonyl (C=O) groups is 2. The zero-order chi connectivity index (χ0) is 27.9. The number of nitrogens with one attached hydrogen (secondary N) is 3. The molecule has 3 aromatic carbocycles. The van der Waals surface area contributed by atoms with E-state index in [0.717, 1.165) is 29.8 Å². The van der Waals surface area contributed by atoms with Crippen molar-refractivity contribution < 1.29 is 23.1 Å². The molecule has 0 spiro atoms. The van der Waals surface area contributed by atoms with Crippen molar-refractivity contribution in [3.63, 3.8) is 0 Å². The van der Waals surface area contributed by atoms with E-state index >= 15 is 0 Å². The van der Waals surface area contributed by atoms with E-state index in [2.05, 4.69) is 25.3 Å². The number of aromatic amines is 1. The van der Waals surface area contributed by atoms with Crippen molar-refractivity contribution in [1.82, 2.24) is 15.3 Å². The number of hydrogen-bond donors (Lipinski definition) is 3. The molecule has 4 aromatic rings. The predicted molar refractivity (Wildman–Crippen MR) is 146 cm³/mol. The van der Waals surface area contributed by atoms with Gasteiger partial charge in [0.25, 0.3) is 0 Å². The third-order valence-electron chi connectivity index (χ3n) is 5.68. The lowest BCUT2D eigenvalue weighted by Gasteiger charge is -2.16. The number of ether oxygens (including phenoxy) is 1. The molecule has 0 fully saturated rings. The number of carbonyl (C=O) groups excluding carboxylic acids is 2. The number of amides is 2. The molecule has 11 heteroatoms. The molecule has 1 unspecified atom stereocenters. The van der Waals surface area contributed by atoms with Gasteiger partial charge in [-0.2, -0.15) is 0 Å². The van der Waals surface area contributed by atoms with Gasteiger partial charge in [0.1, 0.15) is 22.5 Å². The van der Waals surface area contributed by atoms with E-state index in [4.69, 9.17) is 23.2 Å². The molecule has 7 nitrogen and oxygen atoms in total. The van der Waals surface area contributed by atoms with Crippen LogP contribution in [0, 0.1) is 11.6 Å². The van der Waals surface area contributed by atoms with E-state index in [1.165, 1.54) is 7.11 Å². The van der Waals surface area contributed by atoms with Crippen LogP contribution in [0.5, 0.6) is 0 Å². The van der Waals surface area contributed by atoms with Gasteiger partial charge in [-0.15, -0.1) is 0 Å². The Hall–Kier alpha value is -4.21. The molecule has 2 amide bonds. The van der Waals surface area contributed by atoms with E-state index in [0.29, 0.717) is 29.2 Å². The topological polar surface area (TPSA) is 96.1 Å². The van der Waals surface area contributed by atoms with Gasteiger partial charge in [-0.3, -0.25) is 10.1 Å². The van der Waals surface area contributed by atoms with Crippen molar-refractivity contribution >= 4 is 47.0 Å². The number of nitrogens with zero attached hydrogens (tertiary/aromatic N) is 1. The van der Waals surface area contributed by atoms with E-state index in [-0.39, 0.29) is 10.2 Å². The summed E-state index contributed by atoms with van der Waals surface area (Å²) >= 11 is 12.2. The molecule has 39 heavy (non-hydrogen) atoms. The Morgan fingerprint density at radius 3 is 2.46 bits per heavy atom. The lowest BCUT2D eigenvalue weighted by atomic mass is 10.1. The third-order valence-corrected chi connectivity index (χ3v) is 6.24. The molecule has 0 radical (unpaired) electrons. The second-order valence-corrected chi connectivity index (χ2v) is 9.10. The van der Waals surface area contributed by atoms with Crippen molar-refractivity contribution in [2.45, 2.75) is 12.5 Å². The van der Waals surface area contributed by atoms with Gasteiger partial charge in [0.2, 0.25) is 5.91 Å². The second kappa shape index (κ2) is 12.6. The smallest absolute Gasteiger partial charge is 0.411 e. The van der Waals surface area contributed by atoms with Crippen LogP contribution >= 0.6 is 23.2 Å². The second-order valence-electron chi connectivity index (χ2n) is 8.32. The lowest BCUT2D eigenvalue weighted by Crippen LogP contribution is -2.29. The van der Waals surface area contributed by atoms with Gasteiger partial charge in [-0.05, 0) is 42.3 Å². The average Bonchev–Trinajstić information content (AvgIpc) is 3.33. The largest absolute Gasteiger partial charge is 0.453 e. The Balaban J connectivity index is 1.59. The van der Waals surface area contributed by atoms with Gasteiger partial charge in [-0.25, -0.2) is 18.6 Å². The number of rotatable bonds is 8. The summed E-state index contributed by atoms with van der Waals surface area (Å²) in [6.45, 7) is 0. The quantitative estimate of drug-likeness (QED) is 0.158. The first-order valence-electron chi connectivity index (χ1n) is 11.6.